The molecular formula is C19H18N4O6. The van der Waals surface area contributed by atoms with Crippen molar-refractivity contribution >= 4 is 34.8 Å². The number of amides is 2. The zero-order valence-electron chi connectivity index (χ0n) is 15.7. The number of anilines is 2. The molecule has 2 heterocycles. The summed E-state index contributed by atoms with van der Waals surface area (Å²) >= 11 is 0. The number of fused-ring (bicyclic) bond motifs is 1. The number of nitrogens with one attached hydrogen (secondary N) is 2. The maximum atomic E-state index is 12.7. The average Bonchev–Trinajstić information content (AvgIpc) is 2.99. The van der Waals surface area contributed by atoms with Crippen molar-refractivity contribution in [3.8, 4) is 0 Å². The van der Waals surface area contributed by atoms with Crippen LogP contribution in [0, 0.1) is 10.1 Å². The van der Waals surface area contributed by atoms with Crippen molar-refractivity contribution < 1.29 is 24.0 Å². The number of benzene rings is 1. The number of rotatable bonds is 6. The number of ether oxygens (including phenoxy) is 1. The molecule has 0 bridgehead atoms. The van der Waals surface area contributed by atoms with Crippen LogP contribution in [0.3, 0.4) is 0 Å². The van der Waals surface area contributed by atoms with E-state index in [0.29, 0.717) is 0 Å². The van der Waals surface area contributed by atoms with Crippen LogP contribution in [0.15, 0.2) is 36.7 Å². The Labute approximate surface area is 165 Å². The van der Waals surface area contributed by atoms with Crippen molar-refractivity contribution in [1.29, 1.82) is 0 Å². The molecule has 3 rings (SSSR count). The van der Waals surface area contributed by atoms with Crippen molar-refractivity contribution in [3.63, 3.8) is 0 Å². The predicted octanol–water partition coefficient (Wildman–Crippen LogP) is 2.41. The predicted molar refractivity (Wildman–Crippen MR) is 103 cm³/mol. The zero-order valence-corrected chi connectivity index (χ0v) is 15.7. The van der Waals surface area contributed by atoms with Crippen LogP contribution in [0.1, 0.15) is 36.2 Å². The van der Waals surface area contributed by atoms with Gasteiger partial charge in [0.2, 0.25) is 5.91 Å². The lowest BCUT2D eigenvalue weighted by Crippen LogP contribution is -2.43. The lowest BCUT2D eigenvalue weighted by Gasteiger charge is -2.23. The molecule has 1 aromatic heterocycles. The van der Waals surface area contributed by atoms with Gasteiger partial charge in [-0.3, -0.25) is 29.5 Å². The maximum absolute atomic E-state index is 12.7. The van der Waals surface area contributed by atoms with Gasteiger partial charge in [-0.05, 0) is 31.5 Å². The molecular weight excluding hydrogens is 380 g/mol. The van der Waals surface area contributed by atoms with Gasteiger partial charge in [-0.2, -0.15) is 0 Å². The van der Waals surface area contributed by atoms with E-state index >= 15 is 0 Å². The minimum absolute atomic E-state index is 0.0587. The van der Waals surface area contributed by atoms with Crippen molar-refractivity contribution in [1.82, 2.24) is 4.98 Å². The monoisotopic (exact) mass is 398 g/mol. The number of nitro benzene ring substituents is 1. The first-order valence-electron chi connectivity index (χ1n) is 8.88. The molecule has 1 unspecified atom stereocenters. The normalized spacial score (nSPS) is 17.2. The van der Waals surface area contributed by atoms with Gasteiger partial charge < -0.3 is 15.4 Å². The third kappa shape index (κ3) is 3.28. The van der Waals surface area contributed by atoms with Gasteiger partial charge in [-0.15, -0.1) is 0 Å². The van der Waals surface area contributed by atoms with Crippen molar-refractivity contribution in [2.45, 2.75) is 25.7 Å². The fourth-order valence-electron chi connectivity index (χ4n) is 3.29. The van der Waals surface area contributed by atoms with Crippen LogP contribution in [-0.4, -0.2) is 34.3 Å². The molecule has 1 aromatic carbocycles. The number of nitrogens with zero attached hydrogens (tertiary/aromatic N) is 2. The summed E-state index contributed by atoms with van der Waals surface area (Å²) in [5.74, 6) is -2.00. The van der Waals surface area contributed by atoms with E-state index in [9.17, 15) is 24.5 Å². The van der Waals surface area contributed by atoms with E-state index in [0.717, 1.165) is 6.07 Å². The second-order valence-electron chi connectivity index (χ2n) is 6.30. The number of esters is 1. The fraction of sp³-hybridized carbons (Fsp3) is 0.263. The highest BCUT2D eigenvalue weighted by Gasteiger charge is 2.54. The summed E-state index contributed by atoms with van der Waals surface area (Å²) in [6, 6.07) is 5.47. The van der Waals surface area contributed by atoms with E-state index in [2.05, 4.69) is 15.6 Å². The highest BCUT2D eigenvalue weighted by molar-refractivity contribution is 6.20. The zero-order chi connectivity index (χ0) is 21.2. The molecule has 0 radical (unpaired) electrons. The maximum Gasteiger partial charge on any atom is 0.326 e. The molecule has 1 aliphatic heterocycles. The number of hydrogen-bond donors (Lipinski definition) is 2. The first kappa shape index (κ1) is 19.9. The van der Waals surface area contributed by atoms with Crippen LogP contribution >= 0.6 is 0 Å². The Hall–Kier alpha value is -3.82. The molecule has 0 fully saturated rings. The third-order valence-corrected chi connectivity index (χ3v) is 4.75. The van der Waals surface area contributed by atoms with Gasteiger partial charge in [0.15, 0.2) is 5.41 Å². The summed E-state index contributed by atoms with van der Waals surface area (Å²) in [5, 5.41) is 16.7. The molecule has 2 N–H and O–H groups in total. The summed E-state index contributed by atoms with van der Waals surface area (Å²) in [6.45, 7) is 3.29. The Morgan fingerprint density at radius 3 is 2.69 bits per heavy atom. The smallest absolute Gasteiger partial charge is 0.326 e. The fourth-order valence-corrected chi connectivity index (χ4v) is 3.29. The van der Waals surface area contributed by atoms with E-state index in [1.165, 1.54) is 24.5 Å². The van der Waals surface area contributed by atoms with Crippen LogP contribution < -0.4 is 10.6 Å². The second-order valence-corrected chi connectivity index (χ2v) is 6.30. The van der Waals surface area contributed by atoms with E-state index in [1.807, 2.05) is 0 Å². The first-order valence-corrected chi connectivity index (χ1v) is 8.88. The molecule has 1 aliphatic rings. The van der Waals surface area contributed by atoms with E-state index in [-0.39, 0.29) is 35.5 Å². The molecule has 0 aliphatic carbocycles. The van der Waals surface area contributed by atoms with Crippen LogP contribution in [-0.2, 0) is 19.7 Å². The van der Waals surface area contributed by atoms with E-state index < -0.39 is 33.8 Å². The van der Waals surface area contributed by atoms with Gasteiger partial charge in [-0.1, -0.05) is 6.92 Å². The summed E-state index contributed by atoms with van der Waals surface area (Å²) in [6.07, 6.45) is 2.87. The van der Waals surface area contributed by atoms with Gasteiger partial charge in [0.1, 0.15) is 5.69 Å². The van der Waals surface area contributed by atoms with Gasteiger partial charge in [0.25, 0.3) is 11.6 Å². The number of carbonyl (C=O) groups is 3. The van der Waals surface area contributed by atoms with Crippen molar-refractivity contribution in [2.75, 3.05) is 17.2 Å². The van der Waals surface area contributed by atoms with E-state index in [1.54, 1.807) is 19.9 Å². The summed E-state index contributed by atoms with van der Waals surface area (Å²) in [7, 11) is 0. The summed E-state index contributed by atoms with van der Waals surface area (Å²) < 4.78 is 5.05. The van der Waals surface area contributed by atoms with E-state index in [4.69, 9.17) is 4.74 Å². The largest absolute Gasteiger partial charge is 0.465 e. The van der Waals surface area contributed by atoms with Crippen molar-refractivity contribution in [3.05, 3.63) is 57.9 Å². The van der Waals surface area contributed by atoms with Crippen molar-refractivity contribution in [2.24, 2.45) is 0 Å². The van der Waals surface area contributed by atoms with Crippen LogP contribution in [0.5, 0.6) is 0 Å². The Balaban J connectivity index is 2.09. The molecule has 150 valence electrons. The first-order chi connectivity index (χ1) is 13.8. The third-order valence-electron chi connectivity index (χ3n) is 4.75. The number of aromatic nitrogens is 1. The Kier molecular flexibility index (Phi) is 5.26. The quantitative estimate of drug-likeness (QED) is 0.329. The lowest BCUT2D eigenvalue weighted by molar-refractivity contribution is -0.384. The number of carbonyl (C=O) groups excluding carboxylic acids is 3. The molecule has 0 spiro atoms. The molecule has 1 atom stereocenters. The highest BCUT2D eigenvalue weighted by Crippen LogP contribution is 2.45. The molecule has 2 aromatic rings. The minimum Gasteiger partial charge on any atom is -0.465 e. The lowest BCUT2D eigenvalue weighted by atomic mass is 9.79. The van der Waals surface area contributed by atoms with Crippen LogP contribution in [0.25, 0.3) is 0 Å². The molecule has 0 saturated heterocycles. The summed E-state index contributed by atoms with van der Waals surface area (Å²) in [5.41, 5.74) is -1.67. The van der Waals surface area contributed by atoms with Gasteiger partial charge in [0, 0.05) is 29.7 Å². The minimum atomic E-state index is -1.68. The van der Waals surface area contributed by atoms with Gasteiger partial charge in [-0.25, -0.2) is 0 Å². The number of nitro groups is 1. The van der Waals surface area contributed by atoms with Crippen LogP contribution in [0.4, 0.5) is 17.1 Å². The second kappa shape index (κ2) is 7.66. The molecule has 10 nitrogen and oxygen atoms in total. The SMILES string of the molecule is CCOC(=O)C1(CC)C(=O)Nc2cc(NC(=O)c3cccnc3)c([N+](=O)[O-])cc21. The standard InChI is InChI=1S/C19H18N4O6/c1-3-19(18(26)29-4-2)12-8-15(23(27)28)14(9-13(12)22-17(19)25)21-16(24)11-6-5-7-20-10-11/h5-10H,3-4H2,1-2H3,(H,21,24)(H,22,25). The Morgan fingerprint density at radius 2 is 2.10 bits per heavy atom. The Bertz CT molecular complexity index is 1010. The highest BCUT2D eigenvalue weighted by atomic mass is 16.6. The number of hydrogen-bond acceptors (Lipinski definition) is 7. The average molecular weight is 398 g/mol. The Morgan fingerprint density at radius 1 is 1.34 bits per heavy atom. The number of pyridine rings is 1. The molecule has 10 heteroatoms. The molecule has 2 amide bonds. The van der Waals surface area contributed by atoms with Crippen LogP contribution in [0.2, 0.25) is 0 Å². The van der Waals surface area contributed by atoms with Gasteiger partial charge >= 0.3 is 5.97 Å². The van der Waals surface area contributed by atoms with Gasteiger partial charge in [0.05, 0.1) is 17.1 Å². The topological polar surface area (TPSA) is 141 Å². The molecule has 29 heavy (non-hydrogen) atoms. The summed E-state index contributed by atoms with van der Waals surface area (Å²) in [4.78, 5) is 52.4. The molecule has 0 saturated carbocycles.